The number of anilines is 1. The molecule has 5 nitrogen and oxygen atoms in total. The molecule has 1 N–H and O–H groups in total. The molecule has 3 heterocycles. The van der Waals surface area contributed by atoms with Crippen LogP contribution in [0.2, 0.25) is 5.02 Å². The van der Waals surface area contributed by atoms with E-state index >= 15 is 0 Å². The van der Waals surface area contributed by atoms with Gasteiger partial charge in [0.1, 0.15) is 18.1 Å². The third-order valence-corrected chi connectivity index (χ3v) is 5.99. The number of allylic oxidation sites excluding steroid dienone is 2. The van der Waals surface area contributed by atoms with E-state index in [4.69, 9.17) is 11.6 Å². The first-order valence-corrected chi connectivity index (χ1v) is 9.85. The molecule has 1 atom stereocenters. The van der Waals surface area contributed by atoms with Gasteiger partial charge in [0.2, 0.25) is 11.7 Å². The van der Waals surface area contributed by atoms with Gasteiger partial charge in [-0.15, -0.1) is 11.3 Å². The average molecular weight is 439 g/mol. The van der Waals surface area contributed by atoms with Crippen molar-refractivity contribution in [3.05, 3.63) is 74.3 Å². The fraction of sp³-hybridized carbons (Fsp3) is 0.211. The molecule has 10 heteroatoms. The monoisotopic (exact) mass is 438 g/mol. The minimum Gasteiger partial charge on any atom is -0.320 e. The standard InChI is InChI=1S/C19H14ClF3N4OS/c1-2-12-6-7-13(29-12)16(28)14-15(10-4-3-5-11(20)8-10)27-18(24-9-25-27)26-17(14)19(21,22)23/h3-9,15H,2H2,1H3,(H,24,25,26)/t15-/m0/s1. The van der Waals surface area contributed by atoms with E-state index in [-0.39, 0.29) is 10.8 Å². The number of aryl methyl sites for hydroxylation is 1. The van der Waals surface area contributed by atoms with Crippen LogP contribution in [0.25, 0.3) is 0 Å². The second kappa shape index (κ2) is 7.31. The highest BCUT2D eigenvalue weighted by Gasteiger charge is 2.46. The predicted molar refractivity (Wildman–Crippen MR) is 104 cm³/mol. The number of hydrogen-bond acceptors (Lipinski definition) is 5. The number of hydrogen-bond donors (Lipinski definition) is 1. The van der Waals surface area contributed by atoms with Crippen LogP contribution in [0.1, 0.15) is 33.1 Å². The molecule has 1 aliphatic rings. The lowest BCUT2D eigenvalue weighted by molar-refractivity contribution is -0.0918. The third-order valence-electron chi connectivity index (χ3n) is 4.52. The van der Waals surface area contributed by atoms with Crippen LogP contribution in [0.5, 0.6) is 0 Å². The Labute approximate surface area is 172 Å². The van der Waals surface area contributed by atoms with Crippen LogP contribution in [0.15, 0.2) is 54.0 Å². The summed E-state index contributed by atoms with van der Waals surface area (Å²) >= 11 is 7.26. The van der Waals surface area contributed by atoms with Crippen molar-refractivity contribution in [2.75, 3.05) is 5.32 Å². The number of carbonyl (C=O) groups excluding carboxylic acids is 1. The van der Waals surface area contributed by atoms with Gasteiger partial charge in [-0.2, -0.15) is 23.3 Å². The van der Waals surface area contributed by atoms with Gasteiger partial charge in [-0.25, -0.2) is 4.68 Å². The van der Waals surface area contributed by atoms with E-state index in [1.165, 1.54) is 22.1 Å². The van der Waals surface area contributed by atoms with Crippen molar-refractivity contribution < 1.29 is 18.0 Å². The Bertz CT molecular complexity index is 1120. The van der Waals surface area contributed by atoms with Crippen molar-refractivity contribution in [2.45, 2.75) is 25.6 Å². The van der Waals surface area contributed by atoms with Gasteiger partial charge in [0.05, 0.1) is 10.5 Å². The number of ketones is 1. The Morgan fingerprint density at radius 2 is 2.10 bits per heavy atom. The molecule has 0 spiro atoms. The lowest BCUT2D eigenvalue weighted by Crippen LogP contribution is -2.35. The number of fused-ring (bicyclic) bond motifs is 1. The van der Waals surface area contributed by atoms with E-state index in [2.05, 4.69) is 15.4 Å². The maximum absolute atomic E-state index is 14.0. The van der Waals surface area contributed by atoms with Crippen LogP contribution >= 0.6 is 22.9 Å². The SMILES string of the molecule is CCc1ccc(C(=O)C2=C(C(F)(F)F)Nc3ncnn3[C@H]2c2cccc(Cl)c2)s1. The molecule has 1 aliphatic heterocycles. The van der Waals surface area contributed by atoms with Crippen LogP contribution in [0.4, 0.5) is 19.1 Å². The lowest BCUT2D eigenvalue weighted by Gasteiger charge is -2.30. The van der Waals surface area contributed by atoms with Gasteiger partial charge in [-0.05, 0) is 36.2 Å². The highest BCUT2D eigenvalue weighted by atomic mass is 35.5. The van der Waals surface area contributed by atoms with Gasteiger partial charge >= 0.3 is 6.18 Å². The zero-order valence-corrected chi connectivity index (χ0v) is 16.6. The van der Waals surface area contributed by atoms with Gasteiger partial charge in [-0.1, -0.05) is 30.7 Å². The van der Waals surface area contributed by atoms with Gasteiger partial charge in [-0.3, -0.25) is 4.79 Å². The Morgan fingerprint density at radius 3 is 2.76 bits per heavy atom. The molecule has 1 aromatic carbocycles. The molecule has 2 aromatic heterocycles. The largest absolute Gasteiger partial charge is 0.431 e. The second-order valence-corrected chi connectivity index (χ2v) is 7.95. The lowest BCUT2D eigenvalue weighted by atomic mass is 9.91. The minimum absolute atomic E-state index is 0.0979. The first kappa shape index (κ1) is 19.7. The summed E-state index contributed by atoms with van der Waals surface area (Å²) in [5, 5.41) is 6.65. The second-order valence-electron chi connectivity index (χ2n) is 6.35. The number of benzene rings is 1. The summed E-state index contributed by atoms with van der Waals surface area (Å²) in [6.45, 7) is 1.92. The molecular formula is C19H14ClF3N4OS. The number of halogens is 4. The fourth-order valence-corrected chi connectivity index (χ4v) is 4.34. The zero-order chi connectivity index (χ0) is 20.8. The molecule has 0 radical (unpaired) electrons. The first-order chi connectivity index (χ1) is 13.8. The van der Waals surface area contributed by atoms with Gasteiger partial charge in [0, 0.05) is 9.90 Å². The van der Waals surface area contributed by atoms with Crippen LogP contribution in [-0.2, 0) is 6.42 Å². The maximum Gasteiger partial charge on any atom is 0.431 e. The molecule has 0 aliphatic carbocycles. The number of thiophene rings is 1. The van der Waals surface area contributed by atoms with E-state index in [9.17, 15) is 18.0 Å². The molecule has 0 fully saturated rings. The number of nitrogens with one attached hydrogen (secondary N) is 1. The van der Waals surface area contributed by atoms with Crippen molar-refractivity contribution in [1.82, 2.24) is 14.8 Å². The van der Waals surface area contributed by atoms with Crippen LogP contribution in [0.3, 0.4) is 0 Å². The molecule has 0 bridgehead atoms. The summed E-state index contributed by atoms with van der Waals surface area (Å²) in [5.41, 5.74) is -1.18. The zero-order valence-electron chi connectivity index (χ0n) is 15.0. The number of nitrogens with zero attached hydrogens (tertiary/aromatic N) is 3. The van der Waals surface area contributed by atoms with E-state index in [1.54, 1.807) is 30.3 Å². The van der Waals surface area contributed by atoms with Crippen molar-refractivity contribution in [1.29, 1.82) is 0 Å². The Hall–Kier alpha value is -2.65. The van der Waals surface area contributed by atoms with E-state index < -0.39 is 29.3 Å². The van der Waals surface area contributed by atoms with Crippen molar-refractivity contribution in [3.8, 4) is 0 Å². The molecule has 0 amide bonds. The predicted octanol–water partition coefficient (Wildman–Crippen LogP) is 5.27. The van der Waals surface area contributed by atoms with Gasteiger partial charge in [0.15, 0.2) is 0 Å². The Kier molecular flexibility index (Phi) is 4.95. The Balaban J connectivity index is 1.96. The molecule has 29 heavy (non-hydrogen) atoms. The Morgan fingerprint density at radius 1 is 1.31 bits per heavy atom. The summed E-state index contributed by atoms with van der Waals surface area (Å²) in [7, 11) is 0. The number of Topliss-reactive ketones (excluding diaryl/α,β-unsaturated/α-hetero) is 1. The molecular weight excluding hydrogens is 425 g/mol. The van der Waals surface area contributed by atoms with Gasteiger partial charge in [0.25, 0.3) is 0 Å². The molecule has 0 saturated heterocycles. The summed E-state index contributed by atoms with van der Waals surface area (Å²) in [6, 6.07) is 8.54. The van der Waals surface area contributed by atoms with E-state index in [0.29, 0.717) is 17.0 Å². The molecule has 150 valence electrons. The number of aromatic nitrogens is 3. The van der Waals surface area contributed by atoms with Crippen molar-refractivity contribution in [3.63, 3.8) is 0 Å². The van der Waals surface area contributed by atoms with Crippen LogP contribution in [0, 0.1) is 0 Å². The van der Waals surface area contributed by atoms with Crippen molar-refractivity contribution in [2.24, 2.45) is 0 Å². The highest BCUT2D eigenvalue weighted by molar-refractivity contribution is 7.14. The van der Waals surface area contributed by atoms with Gasteiger partial charge < -0.3 is 5.32 Å². The molecule has 3 aromatic rings. The third kappa shape index (κ3) is 3.56. The summed E-state index contributed by atoms with van der Waals surface area (Å²) in [6.07, 6.45) is -2.96. The number of alkyl halides is 3. The quantitative estimate of drug-likeness (QED) is 0.564. The number of carbonyl (C=O) groups is 1. The maximum atomic E-state index is 14.0. The van der Waals surface area contributed by atoms with E-state index in [0.717, 1.165) is 11.2 Å². The average Bonchev–Trinajstić information content (AvgIpc) is 3.34. The summed E-state index contributed by atoms with van der Waals surface area (Å²) in [4.78, 5) is 18.3. The minimum atomic E-state index is -4.79. The van der Waals surface area contributed by atoms with Crippen LogP contribution < -0.4 is 5.32 Å². The van der Waals surface area contributed by atoms with Crippen LogP contribution in [-0.4, -0.2) is 26.7 Å². The van der Waals surface area contributed by atoms with E-state index in [1.807, 2.05) is 6.92 Å². The normalized spacial score (nSPS) is 16.5. The fourth-order valence-electron chi connectivity index (χ4n) is 3.24. The first-order valence-electron chi connectivity index (χ1n) is 8.66. The molecule has 4 rings (SSSR count). The van der Waals surface area contributed by atoms with Crippen molar-refractivity contribution >= 4 is 34.7 Å². The topological polar surface area (TPSA) is 59.8 Å². The summed E-state index contributed by atoms with van der Waals surface area (Å²) in [5.74, 6) is -0.806. The number of rotatable bonds is 4. The summed E-state index contributed by atoms with van der Waals surface area (Å²) < 4.78 is 43.1. The molecule has 0 unspecified atom stereocenters. The highest BCUT2D eigenvalue weighted by Crippen LogP contribution is 2.42. The smallest absolute Gasteiger partial charge is 0.320 e. The molecule has 0 saturated carbocycles.